The number of pyridine rings is 2. The summed E-state index contributed by atoms with van der Waals surface area (Å²) >= 11 is 0. The highest BCUT2D eigenvalue weighted by atomic mass is 15.2. The fraction of sp³-hybridized carbons (Fsp3) is 0.0571. The third kappa shape index (κ3) is 5.36. The van der Waals surface area contributed by atoms with Gasteiger partial charge in [-0.15, -0.1) is 0 Å². The molecule has 0 bridgehead atoms. The third-order valence-corrected chi connectivity index (χ3v) is 7.09. The van der Waals surface area contributed by atoms with Crippen LogP contribution in [0.2, 0.25) is 0 Å². The van der Waals surface area contributed by atoms with E-state index < -0.39 is 0 Å². The van der Waals surface area contributed by atoms with Crippen molar-refractivity contribution in [3.63, 3.8) is 0 Å². The number of rotatable bonds is 9. The minimum atomic E-state index is 0.662. The van der Waals surface area contributed by atoms with Crippen molar-refractivity contribution < 1.29 is 0 Å². The zero-order valence-corrected chi connectivity index (χ0v) is 22.9. The monoisotopic (exact) mass is 534 g/mol. The van der Waals surface area contributed by atoms with Crippen molar-refractivity contribution in [2.75, 3.05) is 0 Å². The number of nitrogens with zero attached hydrogens (tertiary/aromatic N) is 3. The SMILES string of the molecule is C=C/C(=C\C(=C/C)c1cnc2n[nH]c(-c3cc4c(-c5ccncc5)cccc4[nH]3)c2c1)NC(=C)Cc1ccccc1. The Balaban J connectivity index is 1.32. The van der Waals surface area contributed by atoms with Crippen LogP contribution in [-0.2, 0) is 6.42 Å². The molecule has 4 heterocycles. The maximum absolute atomic E-state index is 4.67. The van der Waals surface area contributed by atoms with Crippen molar-refractivity contribution in [3.05, 3.63) is 145 Å². The molecule has 6 heteroatoms. The zero-order valence-electron chi connectivity index (χ0n) is 22.9. The number of aromatic amines is 2. The summed E-state index contributed by atoms with van der Waals surface area (Å²) in [7, 11) is 0. The van der Waals surface area contributed by atoms with Gasteiger partial charge < -0.3 is 10.3 Å². The van der Waals surface area contributed by atoms with Gasteiger partial charge in [0.05, 0.1) is 11.4 Å². The lowest BCUT2D eigenvalue weighted by molar-refractivity contribution is 0.942. The molecular weight excluding hydrogens is 504 g/mol. The predicted molar refractivity (Wildman–Crippen MR) is 169 cm³/mol. The number of H-pyrrole nitrogens is 2. The molecule has 200 valence electrons. The second-order valence-electron chi connectivity index (χ2n) is 9.82. The van der Waals surface area contributed by atoms with E-state index in [4.69, 9.17) is 0 Å². The number of fused-ring (bicyclic) bond motifs is 2. The maximum atomic E-state index is 4.67. The summed E-state index contributed by atoms with van der Waals surface area (Å²) in [6.45, 7) is 10.2. The quantitative estimate of drug-likeness (QED) is 0.164. The summed E-state index contributed by atoms with van der Waals surface area (Å²) in [6.07, 6.45) is 12.2. The molecule has 6 nitrogen and oxygen atoms in total. The molecule has 3 N–H and O–H groups in total. The van der Waals surface area contributed by atoms with E-state index in [0.717, 1.165) is 67.8 Å². The van der Waals surface area contributed by atoms with Crippen LogP contribution in [-0.4, -0.2) is 25.1 Å². The molecule has 0 fully saturated rings. The Morgan fingerprint density at radius 1 is 0.976 bits per heavy atom. The second-order valence-corrected chi connectivity index (χ2v) is 9.82. The van der Waals surface area contributed by atoms with Crippen LogP contribution in [0.15, 0.2) is 134 Å². The van der Waals surface area contributed by atoms with Crippen molar-refractivity contribution in [1.82, 2.24) is 30.5 Å². The lowest BCUT2D eigenvalue weighted by Crippen LogP contribution is -2.12. The van der Waals surface area contributed by atoms with Gasteiger partial charge in [0.15, 0.2) is 5.65 Å². The first-order chi connectivity index (χ1) is 20.1. The molecular formula is C35H30N6. The highest BCUT2D eigenvalue weighted by molar-refractivity contribution is 6.01. The Hall–Kier alpha value is -5.49. The summed E-state index contributed by atoms with van der Waals surface area (Å²) in [5, 5.41) is 13.2. The lowest BCUT2D eigenvalue weighted by atomic mass is 10.0. The normalized spacial score (nSPS) is 12.1. The lowest BCUT2D eigenvalue weighted by Gasteiger charge is -2.12. The third-order valence-electron chi connectivity index (χ3n) is 7.09. The number of allylic oxidation sites excluding steroid dienone is 5. The van der Waals surface area contributed by atoms with Crippen LogP contribution in [0.1, 0.15) is 18.1 Å². The molecule has 6 rings (SSSR count). The van der Waals surface area contributed by atoms with Gasteiger partial charge in [-0.3, -0.25) is 10.1 Å². The topological polar surface area (TPSA) is 82.3 Å². The molecule has 6 aromatic rings. The Labute approximate surface area is 238 Å². The minimum absolute atomic E-state index is 0.662. The zero-order chi connectivity index (χ0) is 28.2. The number of hydrogen-bond donors (Lipinski definition) is 3. The predicted octanol–water partition coefficient (Wildman–Crippen LogP) is 7.99. The van der Waals surface area contributed by atoms with E-state index in [1.807, 2.05) is 55.8 Å². The van der Waals surface area contributed by atoms with Gasteiger partial charge in [0, 0.05) is 58.3 Å². The van der Waals surface area contributed by atoms with Crippen molar-refractivity contribution >= 4 is 27.5 Å². The number of nitrogens with one attached hydrogen (secondary N) is 3. The van der Waals surface area contributed by atoms with E-state index in [1.54, 1.807) is 6.08 Å². The Bertz CT molecular complexity index is 1920. The molecule has 0 radical (unpaired) electrons. The Morgan fingerprint density at radius 3 is 2.59 bits per heavy atom. The van der Waals surface area contributed by atoms with E-state index in [9.17, 15) is 0 Å². The van der Waals surface area contributed by atoms with E-state index in [0.29, 0.717) is 5.65 Å². The van der Waals surface area contributed by atoms with Gasteiger partial charge in [0.1, 0.15) is 0 Å². The summed E-state index contributed by atoms with van der Waals surface area (Å²) < 4.78 is 0. The number of benzene rings is 2. The van der Waals surface area contributed by atoms with Crippen molar-refractivity contribution in [2.45, 2.75) is 13.3 Å². The van der Waals surface area contributed by atoms with Crippen LogP contribution in [0.5, 0.6) is 0 Å². The molecule has 0 saturated carbocycles. The fourth-order valence-electron chi connectivity index (χ4n) is 5.07. The van der Waals surface area contributed by atoms with E-state index in [-0.39, 0.29) is 0 Å². The molecule has 4 aromatic heterocycles. The van der Waals surface area contributed by atoms with Crippen LogP contribution >= 0.6 is 0 Å². The van der Waals surface area contributed by atoms with Gasteiger partial charge in [-0.2, -0.15) is 5.10 Å². The summed E-state index contributed by atoms with van der Waals surface area (Å²) in [5.41, 5.74) is 10.8. The smallest absolute Gasteiger partial charge is 0.181 e. The molecule has 0 saturated heterocycles. The van der Waals surface area contributed by atoms with Gasteiger partial charge in [-0.1, -0.05) is 61.7 Å². The molecule has 0 unspecified atom stereocenters. The molecule has 0 amide bonds. The van der Waals surface area contributed by atoms with Crippen LogP contribution in [0.3, 0.4) is 0 Å². The molecule has 41 heavy (non-hydrogen) atoms. The maximum Gasteiger partial charge on any atom is 0.181 e. The first kappa shape index (κ1) is 25.8. The Morgan fingerprint density at radius 2 is 1.80 bits per heavy atom. The van der Waals surface area contributed by atoms with Gasteiger partial charge in [-0.05, 0) is 71.7 Å². The summed E-state index contributed by atoms with van der Waals surface area (Å²) in [6, 6.07) is 24.9. The second kappa shape index (κ2) is 11.3. The van der Waals surface area contributed by atoms with Gasteiger partial charge in [-0.25, -0.2) is 4.98 Å². The molecule has 0 aliphatic rings. The van der Waals surface area contributed by atoms with Crippen molar-refractivity contribution in [1.29, 1.82) is 0 Å². The summed E-state index contributed by atoms with van der Waals surface area (Å²) in [5.74, 6) is 0. The standard InChI is InChI=1S/C35H30N6/c1-4-25(19-28(5-2)38-23(3)18-24-10-7-6-8-11-24)27-20-31-34(40-41-35(31)37-22-27)33-21-30-29(12-9-13-32(30)39-33)26-14-16-36-17-15-26/h4-17,19-22,38-39H,2-3,18H2,1H3,(H,37,40,41)/b25-4+,28-19+. The minimum Gasteiger partial charge on any atom is -0.359 e. The molecule has 0 aliphatic heterocycles. The molecule has 2 aromatic carbocycles. The fourth-order valence-corrected chi connectivity index (χ4v) is 5.07. The average molecular weight is 535 g/mol. The van der Waals surface area contributed by atoms with Gasteiger partial charge >= 0.3 is 0 Å². The first-order valence-corrected chi connectivity index (χ1v) is 13.5. The van der Waals surface area contributed by atoms with E-state index in [1.165, 1.54) is 5.56 Å². The van der Waals surface area contributed by atoms with Gasteiger partial charge in [0.2, 0.25) is 0 Å². The number of aromatic nitrogens is 5. The highest BCUT2D eigenvalue weighted by Gasteiger charge is 2.15. The first-order valence-electron chi connectivity index (χ1n) is 13.5. The molecule has 0 spiro atoms. The van der Waals surface area contributed by atoms with Crippen LogP contribution in [0, 0.1) is 0 Å². The van der Waals surface area contributed by atoms with Crippen LogP contribution < -0.4 is 5.32 Å². The van der Waals surface area contributed by atoms with Crippen molar-refractivity contribution in [3.8, 4) is 22.5 Å². The van der Waals surface area contributed by atoms with E-state index >= 15 is 0 Å². The number of hydrogen-bond acceptors (Lipinski definition) is 4. The van der Waals surface area contributed by atoms with Crippen molar-refractivity contribution in [2.24, 2.45) is 0 Å². The molecule has 0 atom stereocenters. The molecule has 0 aliphatic carbocycles. The van der Waals surface area contributed by atoms with Gasteiger partial charge in [0.25, 0.3) is 0 Å². The average Bonchev–Trinajstić information content (AvgIpc) is 3.64. The summed E-state index contributed by atoms with van der Waals surface area (Å²) in [4.78, 5) is 12.4. The Kier molecular flexibility index (Phi) is 7.11. The van der Waals surface area contributed by atoms with E-state index in [2.05, 4.69) is 98.2 Å². The largest absolute Gasteiger partial charge is 0.359 e. The van der Waals surface area contributed by atoms with Crippen LogP contribution in [0.25, 0.3) is 50.0 Å². The van der Waals surface area contributed by atoms with Crippen LogP contribution in [0.4, 0.5) is 0 Å². The highest BCUT2D eigenvalue weighted by Crippen LogP contribution is 2.34.